The first-order valence-electron chi connectivity index (χ1n) is 11.2. The number of nitrogens with one attached hydrogen (secondary N) is 1. The van der Waals surface area contributed by atoms with Gasteiger partial charge in [0.2, 0.25) is 5.91 Å². The molecule has 0 saturated carbocycles. The Labute approximate surface area is 204 Å². The highest BCUT2D eigenvalue weighted by Crippen LogP contribution is 2.30. The molecule has 0 saturated heterocycles. The standard InChI is InChI=1S/C27H28N4O2S/c1-18-15-19(2)25(20(3)16-18)28-24(33)17-34-27-30-29-26(22-11-7-8-12-23(22)32)31(27)14-13-21-9-5-4-6-10-21/h4-12,15-16,32H,13-14,17H2,1-3H3,(H,28,33). The average molecular weight is 473 g/mol. The molecule has 1 aromatic heterocycles. The van der Waals surface area contributed by atoms with Crippen LogP contribution in [0.25, 0.3) is 11.4 Å². The molecular weight excluding hydrogens is 444 g/mol. The van der Waals surface area contributed by atoms with Gasteiger partial charge in [-0.1, -0.05) is 71.9 Å². The molecule has 0 aliphatic carbocycles. The van der Waals surface area contributed by atoms with E-state index in [1.54, 1.807) is 12.1 Å². The summed E-state index contributed by atoms with van der Waals surface area (Å²) in [5.41, 5.74) is 5.93. The Bertz CT molecular complexity index is 1280. The highest BCUT2D eigenvalue weighted by atomic mass is 32.2. The maximum Gasteiger partial charge on any atom is 0.234 e. The predicted octanol–water partition coefficient (Wildman–Crippen LogP) is 5.55. The third-order valence-electron chi connectivity index (χ3n) is 5.60. The Morgan fingerprint density at radius 3 is 2.35 bits per heavy atom. The molecule has 2 N–H and O–H groups in total. The van der Waals surface area contributed by atoms with Crippen molar-refractivity contribution in [3.05, 3.63) is 89.0 Å². The summed E-state index contributed by atoms with van der Waals surface area (Å²) < 4.78 is 1.97. The van der Waals surface area contributed by atoms with Gasteiger partial charge in [-0.25, -0.2) is 0 Å². The Balaban J connectivity index is 1.54. The number of amides is 1. The highest BCUT2D eigenvalue weighted by molar-refractivity contribution is 7.99. The molecule has 6 nitrogen and oxygen atoms in total. The van der Waals surface area contributed by atoms with Gasteiger partial charge in [-0.3, -0.25) is 4.79 Å². The maximum atomic E-state index is 12.8. The summed E-state index contributed by atoms with van der Waals surface area (Å²) in [6, 6.07) is 21.4. The molecule has 0 atom stereocenters. The molecule has 0 aliphatic rings. The monoisotopic (exact) mass is 472 g/mol. The Hall–Kier alpha value is -3.58. The van der Waals surface area contributed by atoms with Crippen LogP contribution in [0.3, 0.4) is 0 Å². The van der Waals surface area contributed by atoms with Crippen molar-refractivity contribution in [1.82, 2.24) is 14.8 Å². The molecule has 174 valence electrons. The van der Waals surface area contributed by atoms with Gasteiger partial charge in [-0.2, -0.15) is 0 Å². The lowest BCUT2D eigenvalue weighted by Crippen LogP contribution is -2.16. The molecule has 0 spiro atoms. The topological polar surface area (TPSA) is 80.0 Å². The number of rotatable bonds is 8. The van der Waals surface area contributed by atoms with Gasteiger partial charge in [-0.15, -0.1) is 10.2 Å². The molecule has 4 aromatic rings. The number of phenolic OH excluding ortho intramolecular Hbond substituents is 1. The highest BCUT2D eigenvalue weighted by Gasteiger charge is 2.18. The summed E-state index contributed by atoms with van der Waals surface area (Å²) >= 11 is 1.34. The van der Waals surface area contributed by atoms with Crippen molar-refractivity contribution in [2.24, 2.45) is 0 Å². The molecule has 0 aliphatic heterocycles. The maximum absolute atomic E-state index is 12.8. The third-order valence-corrected chi connectivity index (χ3v) is 6.57. The van der Waals surface area contributed by atoms with Crippen LogP contribution in [0.2, 0.25) is 0 Å². The Morgan fingerprint density at radius 1 is 0.971 bits per heavy atom. The summed E-state index contributed by atoms with van der Waals surface area (Å²) in [6.45, 7) is 6.68. The first kappa shape index (κ1) is 23.6. The number of para-hydroxylation sites is 1. The first-order chi connectivity index (χ1) is 16.4. The molecular formula is C27H28N4O2S. The minimum atomic E-state index is -0.0956. The van der Waals surface area contributed by atoms with Gasteiger partial charge < -0.3 is 15.0 Å². The van der Waals surface area contributed by atoms with Gasteiger partial charge in [0.15, 0.2) is 11.0 Å². The van der Waals surface area contributed by atoms with E-state index in [4.69, 9.17) is 0 Å². The number of carbonyl (C=O) groups is 1. The van der Waals surface area contributed by atoms with Gasteiger partial charge in [0.05, 0.1) is 11.3 Å². The van der Waals surface area contributed by atoms with E-state index in [1.165, 1.54) is 22.9 Å². The van der Waals surface area contributed by atoms with Crippen LogP contribution in [0, 0.1) is 20.8 Å². The van der Waals surface area contributed by atoms with Crippen LogP contribution < -0.4 is 5.32 Å². The van der Waals surface area contributed by atoms with Crippen LogP contribution >= 0.6 is 11.8 Å². The molecule has 4 rings (SSSR count). The number of aromatic hydroxyl groups is 1. The van der Waals surface area contributed by atoms with Crippen LogP contribution in [0.4, 0.5) is 5.69 Å². The number of benzene rings is 3. The molecule has 1 heterocycles. The second-order valence-corrected chi connectivity index (χ2v) is 9.26. The lowest BCUT2D eigenvalue weighted by molar-refractivity contribution is -0.113. The minimum Gasteiger partial charge on any atom is -0.507 e. The van der Waals surface area contributed by atoms with Crippen molar-refractivity contribution in [2.45, 2.75) is 38.9 Å². The van der Waals surface area contributed by atoms with E-state index in [2.05, 4.69) is 39.8 Å². The van der Waals surface area contributed by atoms with Crippen molar-refractivity contribution < 1.29 is 9.90 Å². The van der Waals surface area contributed by atoms with Gasteiger partial charge in [0.25, 0.3) is 0 Å². The van der Waals surface area contributed by atoms with E-state index in [-0.39, 0.29) is 17.4 Å². The summed E-state index contributed by atoms with van der Waals surface area (Å²) in [5, 5.41) is 22.8. The minimum absolute atomic E-state index is 0.0956. The Morgan fingerprint density at radius 2 is 1.65 bits per heavy atom. The lowest BCUT2D eigenvalue weighted by atomic mass is 10.1. The summed E-state index contributed by atoms with van der Waals surface area (Å²) in [6.07, 6.45) is 0.779. The van der Waals surface area contributed by atoms with Gasteiger partial charge in [0.1, 0.15) is 5.75 Å². The van der Waals surface area contributed by atoms with Crippen LogP contribution in [-0.4, -0.2) is 31.5 Å². The fourth-order valence-corrected chi connectivity index (χ4v) is 4.79. The molecule has 7 heteroatoms. The van der Waals surface area contributed by atoms with Gasteiger partial charge in [0, 0.05) is 12.2 Å². The third kappa shape index (κ3) is 5.48. The van der Waals surface area contributed by atoms with Crippen LogP contribution in [0.15, 0.2) is 71.9 Å². The number of anilines is 1. The van der Waals surface area contributed by atoms with E-state index >= 15 is 0 Å². The van der Waals surface area contributed by atoms with Crippen LogP contribution in [0.5, 0.6) is 5.75 Å². The van der Waals surface area contributed by atoms with Crippen molar-refractivity contribution in [2.75, 3.05) is 11.1 Å². The van der Waals surface area contributed by atoms with E-state index in [9.17, 15) is 9.90 Å². The molecule has 34 heavy (non-hydrogen) atoms. The molecule has 0 unspecified atom stereocenters. The quantitative estimate of drug-likeness (QED) is 0.329. The van der Waals surface area contributed by atoms with Gasteiger partial charge >= 0.3 is 0 Å². The number of aryl methyl sites for hydroxylation is 4. The summed E-state index contributed by atoms with van der Waals surface area (Å²) in [4.78, 5) is 12.8. The fraction of sp³-hybridized carbons (Fsp3) is 0.222. The average Bonchev–Trinajstić information content (AvgIpc) is 3.22. The van der Waals surface area contributed by atoms with Gasteiger partial charge in [-0.05, 0) is 56.0 Å². The zero-order valence-corrected chi connectivity index (χ0v) is 20.4. The largest absolute Gasteiger partial charge is 0.507 e. The molecule has 0 fully saturated rings. The second-order valence-electron chi connectivity index (χ2n) is 8.32. The second kappa shape index (κ2) is 10.6. The van der Waals surface area contributed by atoms with E-state index in [0.29, 0.717) is 23.1 Å². The zero-order valence-electron chi connectivity index (χ0n) is 19.6. The normalized spacial score (nSPS) is 10.9. The van der Waals surface area contributed by atoms with Crippen molar-refractivity contribution in [3.8, 4) is 17.1 Å². The van der Waals surface area contributed by atoms with Crippen molar-refractivity contribution in [3.63, 3.8) is 0 Å². The number of phenols is 1. The molecule has 0 radical (unpaired) electrons. The van der Waals surface area contributed by atoms with E-state index in [0.717, 1.165) is 23.2 Å². The van der Waals surface area contributed by atoms with E-state index < -0.39 is 0 Å². The SMILES string of the molecule is Cc1cc(C)c(NC(=O)CSc2nnc(-c3ccccc3O)n2CCc2ccccc2)c(C)c1. The van der Waals surface area contributed by atoms with Crippen molar-refractivity contribution in [1.29, 1.82) is 0 Å². The zero-order chi connectivity index (χ0) is 24.1. The Kier molecular flexibility index (Phi) is 7.33. The molecule has 1 amide bonds. The molecule has 0 bridgehead atoms. The number of hydrogen-bond donors (Lipinski definition) is 2. The summed E-state index contributed by atoms with van der Waals surface area (Å²) in [5.74, 6) is 0.844. The number of aromatic nitrogens is 3. The number of nitrogens with zero attached hydrogens (tertiary/aromatic N) is 3. The van der Waals surface area contributed by atoms with Crippen LogP contribution in [0.1, 0.15) is 22.3 Å². The molecule has 3 aromatic carbocycles. The predicted molar refractivity (Wildman–Crippen MR) is 137 cm³/mol. The smallest absolute Gasteiger partial charge is 0.234 e. The van der Waals surface area contributed by atoms with E-state index in [1.807, 2.05) is 55.7 Å². The van der Waals surface area contributed by atoms with Crippen molar-refractivity contribution >= 4 is 23.4 Å². The summed E-state index contributed by atoms with van der Waals surface area (Å²) in [7, 11) is 0. The lowest BCUT2D eigenvalue weighted by Gasteiger charge is -2.13. The first-order valence-corrected chi connectivity index (χ1v) is 12.2. The fourth-order valence-electron chi connectivity index (χ4n) is 4.03. The van der Waals surface area contributed by atoms with Crippen LogP contribution in [-0.2, 0) is 17.8 Å². The number of carbonyl (C=O) groups excluding carboxylic acids is 1. The number of thioether (sulfide) groups is 1. The number of hydrogen-bond acceptors (Lipinski definition) is 5.